The van der Waals surface area contributed by atoms with E-state index in [9.17, 15) is 0 Å². The minimum Gasteiger partial charge on any atom is -0.481 e. The van der Waals surface area contributed by atoms with Gasteiger partial charge in [-0.05, 0) is 54.9 Å². The molecule has 0 aliphatic carbocycles. The standard InChI is InChI=1S/C17H14BrN3O/c1-9-4-5-13-11(6-9)14-15(17(2,3)22-13)20-12-7-10(18)8-19-16(12)21-14/h4-8H,1-3H3. The van der Waals surface area contributed by atoms with Gasteiger partial charge < -0.3 is 4.74 Å². The molecule has 0 saturated carbocycles. The molecule has 5 heteroatoms. The third-order valence-corrected chi connectivity index (χ3v) is 4.25. The first kappa shape index (κ1) is 13.6. The van der Waals surface area contributed by atoms with Crippen molar-refractivity contribution < 1.29 is 4.74 Å². The number of benzene rings is 1. The van der Waals surface area contributed by atoms with Crippen LogP contribution in [0.1, 0.15) is 25.1 Å². The van der Waals surface area contributed by atoms with E-state index in [1.54, 1.807) is 6.20 Å². The summed E-state index contributed by atoms with van der Waals surface area (Å²) in [6, 6.07) is 8.06. The van der Waals surface area contributed by atoms with Crippen molar-refractivity contribution in [2.24, 2.45) is 0 Å². The van der Waals surface area contributed by atoms with Gasteiger partial charge in [-0.2, -0.15) is 0 Å². The SMILES string of the molecule is Cc1ccc2c(c1)-c1nc3ncc(Br)cc3nc1C(C)(C)O2. The summed E-state index contributed by atoms with van der Waals surface area (Å²) >= 11 is 3.43. The van der Waals surface area contributed by atoms with Gasteiger partial charge in [-0.15, -0.1) is 0 Å². The predicted molar refractivity (Wildman–Crippen MR) is 88.9 cm³/mol. The number of fused-ring (bicyclic) bond motifs is 4. The summed E-state index contributed by atoms with van der Waals surface area (Å²) < 4.78 is 7.03. The Morgan fingerprint density at radius 2 is 1.95 bits per heavy atom. The number of hydrogen-bond acceptors (Lipinski definition) is 4. The molecule has 4 rings (SSSR count). The zero-order valence-electron chi connectivity index (χ0n) is 12.5. The van der Waals surface area contributed by atoms with Crippen molar-refractivity contribution in [1.82, 2.24) is 15.0 Å². The number of nitrogens with zero attached hydrogens (tertiary/aromatic N) is 3. The van der Waals surface area contributed by atoms with Crippen LogP contribution in [0.3, 0.4) is 0 Å². The van der Waals surface area contributed by atoms with Crippen molar-refractivity contribution in [1.29, 1.82) is 0 Å². The quantitative estimate of drug-likeness (QED) is 0.599. The number of aromatic nitrogens is 3. The van der Waals surface area contributed by atoms with Gasteiger partial charge in [0.05, 0.1) is 0 Å². The fraction of sp³-hybridized carbons (Fsp3) is 0.235. The fourth-order valence-electron chi connectivity index (χ4n) is 2.77. The molecule has 0 bridgehead atoms. The van der Waals surface area contributed by atoms with E-state index < -0.39 is 5.60 Å². The average molecular weight is 356 g/mol. The molecule has 1 aromatic carbocycles. The number of aryl methyl sites for hydroxylation is 1. The maximum atomic E-state index is 6.15. The lowest BCUT2D eigenvalue weighted by Gasteiger charge is -2.33. The fourth-order valence-corrected chi connectivity index (χ4v) is 3.09. The second-order valence-corrected chi connectivity index (χ2v) is 6.94. The van der Waals surface area contributed by atoms with Crippen LogP contribution in [0.5, 0.6) is 5.75 Å². The van der Waals surface area contributed by atoms with Crippen molar-refractivity contribution >= 4 is 27.1 Å². The lowest BCUT2D eigenvalue weighted by Crippen LogP contribution is -2.31. The van der Waals surface area contributed by atoms with E-state index >= 15 is 0 Å². The lowest BCUT2D eigenvalue weighted by atomic mass is 9.93. The molecule has 0 fully saturated rings. The van der Waals surface area contributed by atoms with Crippen LogP contribution in [0.15, 0.2) is 34.9 Å². The Bertz CT molecular complexity index is 921. The summed E-state index contributed by atoms with van der Waals surface area (Å²) in [5.41, 5.74) is 4.73. The highest BCUT2D eigenvalue weighted by Gasteiger charge is 2.35. The van der Waals surface area contributed by atoms with Gasteiger partial charge in [0.2, 0.25) is 0 Å². The van der Waals surface area contributed by atoms with Crippen molar-refractivity contribution in [3.63, 3.8) is 0 Å². The van der Waals surface area contributed by atoms with Crippen LogP contribution in [-0.4, -0.2) is 15.0 Å². The molecule has 0 N–H and O–H groups in total. The van der Waals surface area contributed by atoms with E-state index in [0.717, 1.165) is 32.7 Å². The normalized spacial score (nSPS) is 15.1. The number of hydrogen-bond donors (Lipinski definition) is 0. The Morgan fingerprint density at radius 3 is 2.77 bits per heavy atom. The van der Waals surface area contributed by atoms with Gasteiger partial charge in [-0.1, -0.05) is 11.6 Å². The van der Waals surface area contributed by atoms with Gasteiger partial charge in [0, 0.05) is 16.2 Å². The van der Waals surface area contributed by atoms with Gasteiger partial charge in [-0.25, -0.2) is 15.0 Å². The van der Waals surface area contributed by atoms with Gasteiger partial charge >= 0.3 is 0 Å². The molecule has 110 valence electrons. The summed E-state index contributed by atoms with van der Waals surface area (Å²) in [5, 5.41) is 0. The molecule has 0 spiro atoms. The summed E-state index contributed by atoms with van der Waals surface area (Å²) in [5.74, 6) is 0.842. The van der Waals surface area contributed by atoms with Crippen molar-refractivity contribution in [2.45, 2.75) is 26.4 Å². The first-order valence-electron chi connectivity index (χ1n) is 7.08. The topological polar surface area (TPSA) is 47.9 Å². The highest BCUT2D eigenvalue weighted by molar-refractivity contribution is 9.10. The summed E-state index contributed by atoms with van der Waals surface area (Å²) in [7, 11) is 0. The maximum Gasteiger partial charge on any atom is 0.178 e. The Morgan fingerprint density at radius 1 is 1.14 bits per heavy atom. The third-order valence-electron chi connectivity index (χ3n) is 3.81. The van der Waals surface area contributed by atoms with E-state index in [-0.39, 0.29) is 0 Å². The van der Waals surface area contributed by atoms with Crippen LogP contribution in [-0.2, 0) is 5.60 Å². The Hall–Kier alpha value is -2.01. The van der Waals surface area contributed by atoms with Gasteiger partial charge in [0.15, 0.2) is 5.65 Å². The van der Waals surface area contributed by atoms with Gasteiger partial charge in [0.25, 0.3) is 0 Å². The molecule has 3 heterocycles. The number of rotatable bonds is 0. The minimum absolute atomic E-state index is 0.527. The van der Waals surface area contributed by atoms with Crippen molar-refractivity contribution in [3.8, 4) is 17.0 Å². The molecule has 1 aliphatic rings. The molecule has 22 heavy (non-hydrogen) atoms. The highest BCUT2D eigenvalue weighted by Crippen LogP contribution is 2.44. The smallest absolute Gasteiger partial charge is 0.178 e. The summed E-state index contributed by atoms with van der Waals surface area (Å²) in [6.07, 6.45) is 1.74. The highest BCUT2D eigenvalue weighted by atomic mass is 79.9. The van der Waals surface area contributed by atoms with Crippen molar-refractivity contribution in [3.05, 3.63) is 46.2 Å². The Kier molecular flexibility index (Phi) is 2.78. The Labute approximate surface area is 136 Å². The molecule has 1 aliphatic heterocycles. The van der Waals surface area contributed by atoms with Crippen LogP contribution >= 0.6 is 15.9 Å². The summed E-state index contributed by atoms with van der Waals surface area (Å²) in [6.45, 7) is 6.09. The van der Waals surface area contributed by atoms with E-state index in [2.05, 4.69) is 33.9 Å². The van der Waals surface area contributed by atoms with Crippen molar-refractivity contribution in [2.75, 3.05) is 0 Å². The van der Waals surface area contributed by atoms with Gasteiger partial charge in [0.1, 0.15) is 28.3 Å². The maximum absolute atomic E-state index is 6.15. The second kappa shape index (κ2) is 4.49. The first-order valence-corrected chi connectivity index (χ1v) is 7.87. The molecule has 0 amide bonds. The average Bonchev–Trinajstić information content (AvgIpc) is 2.46. The van der Waals surface area contributed by atoms with E-state index in [1.165, 1.54) is 5.56 Å². The zero-order chi connectivity index (χ0) is 15.5. The molecule has 0 saturated heterocycles. The lowest BCUT2D eigenvalue weighted by molar-refractivity contribution is 0.100. The van der Waals surface area contributed by atoms with Crippen LogP contribution < -0.4 is 4.74 Å². The number of ether oxygens (including phenoxy) is 1. The van der Waals surface area contributed by atoms with E-state index in [1.807, 2.05) is 32.0 Å². The van der Waals surface area contributed by atoms with Crippen LogP contribution in [0.2, 0.25) is 0 Å². The molecular weight excluding hydrogens is 342 g/mol. The monoisotopic (exact) mass is 355 g/mol. The van der Waals surface area contributed by atoms with E-state index in [0.29, 0.717) is 5.65 Å². The third kappa shape index (κ3) is 2.00. The molecule has 0 unspecified atom stereocenters. The molecule has 0 radical (unpaired) electrons. The largest absolute Gasteiger partial charge is 0.481 e. The Balaban J connectivity index is 2.09. The van der Waals surface area contributed by atoms with Gasteiger partial charge in [-0.3, -0.25) is 0 Å². The second-order valence-electron chi connectivity index (χ2n) is 6.03. The van der Waals surface area contributed by atoms with Crippen LogP contribution in [0.25, 0.3) is 22.4 Å². The van der Waals surface area contributed by atoms with E-state index in [4.69, 9.17) is 14.7 Å². The molecule has 2 aromatic heterocycles. The number of halogens is 1. The molecule has 3 aromatic rings. The molecular formula is C17H14BrN3O. The number of pyridine rings is 1. The minimum atomic E-state index is -0.527. The van der Waals surface area contributed by atoms with Crippen LogP contribution in [0.4, 0.5) is 0 Å². The van der Waals surface area contributed by atoms with Crippen LogP contribution in [0, 0.1) is 6.92 Å². The predicted octanol–water partition coefficient (Wildman–Crippen LogP) is 4.39. The first-order chi connectivity index (χ1) is 10.4. The molecule has 4 nitrogen and oxygen atoms in total. The summed E-state index contributed by atoms with van der Waals surface area (Å²) in [4.78, 5) is 13.9. The molecule has 0 atom stereocenters. The zero-order valence-corrected chi connectivity index (χ0v) is 14.1.